The zero-order valence-corrected chi connectivity index (χ0v) is 12.8. The smallest absolute Gasteiger partial charge is 0.370 e. The Balaban J connectivity index is 2.05. The van der Waals surface area contributed by atoms with Crippen LogP contribution in [0.3, 0.4) is 0 Å². The van der Waals surface area contributed by atoms with E-state index in [1.165, 1.54) is 0 Å². The molecule has 0 aromatic heterocycles. The van der Waals surface area contributed by atoms with Gasteiger partial charge in [-0.2, -0.15) is 9.98 Å². The number of rotatable bonds is 3. The van der Waals surface area contributed by atoms with E-state index >= 15 is 0 Å². The molecule has 1 fully saturated rings. The average molecular weight is 363 g/mol. The summed E-state index contributed by atoms with van der Waals surface area (Å²) in [5.74, 6) is -2.45. The molecule has 1 saturated heterocycles. The molecule has 1 unspecified atom stereocenters. The first-order valence-corrected chi connectivity index (χ1v) is 8.24. The van der Waals surface area contributed by atoms with Gasteiger partial charge in [-0.15, -0.1) is 0 Å². The Kier molecular flexibility index (Phi) is 3.84. The van der Waals surface area contributed by atoms with Gasteiger partial charge < -0.3 is 35.6 Å². The number of hydrogen-bond donors (Lipinski definition) is 6. The maximum absolute atomic E-state index is 12.1. The van der Waals surface area contributed by atoms with Crippen molar-refractivity contribution in [2.45, 2.75) is 29.8 Å². The van der Waals surface area contributed by atoms with E-state index in [9.17, 15) is 29.4 Å². The Labute approximate surface area is 134 Å². The number of guanidine groups is 1. The molecule has 13 nitrogen and oxygen atoms in total. The van der Waals surface area contributed by atoms with Crippen LogP contribution in [0.1, 0.15) is 0 Å². The lowest BCUT2D eigenvalue weighted by Gasteiger charge is -2.32. The minimum Gasteiger partial charge on any atom is -0.394 e. The molecule has 1 amide bonds. The fraction of sp³-hybridized carbons (Fsp3) is 0.600. The van der Waals surface area contributed by atoms with Crippen LogP contribution in [0, 0.1) is 0 Å². The van der Waals surface area contributed by atoms with E-state index in [0.717, 1.165) is 11.2 Å². The van der Waals surface area contributed by atoms with E-state index in [1.54, 1.807) is 0 Å². The van der Waals surface area contributed by atoms with Gasteiger partial charge in [-0.25, -0.2) is 4.99 Å². The number of amides is 1. The molecule has 0 saturated carbocycles. The molecule has 5 atom stereocenters. The third-order valence-electron chi connectivity index (χ3n) is 3.87. The largest absolute Gasteiger partial charge is 0.394 e. The number of aliphatic imine (C=N–C) groups is 3. The van der Waals surface area contributed by atoms with Crippen LogP contribution in [0.25, 0.3) is 0 Å². The summed E-state index contributed by atoms with van der Waals surface area (Å²) in [4.78, 5) is 42.7. The van der Waals surface area contributed by atoms with Gasteiger partial charge in [0.15, 0.2) is 12.1 Å². The third kappa shape index (κ3) is 2.14. The topological polar surface area (TPSA) is 211 Å². The van der Waals surface area contributed by atoms with E-state index in [1.807, 2.05) is 0 Å². The molecule has 132 valence electrons. The van der Waals surface area contributed by atoms with E-state index in [4.69, 9.17) is 15.6 Å². The molecule has 0 spiro atoms. The number of ether oxygens (including phenoxy) is 1. The molecule has 0 bridgehead atoms. The van der Waals surface area contributed by atoms with Crippen molar-refractivity contribution in [1.29, 1.82) is 0 Å². The van der Waals surface area contributed by atoms with Crippen molar-refractivity contribution in [1.82, 2.24) is 4.90 Å². The molecule has 0 radical (unpaired) electrons. The fourth-order valence-electron chi connectivity index (χ4n) is 2.67. The van der Waals surface area contributed by atoms with Gasteiger partial charge in [0, 0.05) is 0 Å². The molecule has 0 aromatic carbocycles. The number of amidine groups is 1. The highest BCUT2D eigenvalue weighted by Crippen LogP contribution is 2.56. The summed E-state index contributed by atoms with van der Waals surface area (Å²) >= 11 is 0. The van der Waals surface area contributed by atoms with Gasteiger partial charge in [0.05, 0.1) is 12.9 Å². The van der Waals surface area contributed by atoms with E-state index in [-0.39, 0.29) is 0 Å². The zero-order valence-electron chi connectivity index (χ0n) is 11.9. The van der Waals surface area contributed by atoms with Gasteiger partial charge in [0.2, 0.25) is 5.96 Å². The van der Waals surface area contributed by atoms with Crippen molar-refractivity contribution >= 4 is 31.6 Å². The summed E-state index contributed by atoms with van der Waals surface area (Å²) in [6.45, 7) is -0.613. The van der Waals surface area contributed by atoms with Gasteiger partial charge in [-0.3, -0.25) is 14.3 Å². The molecule has 3 aliphatic heterocycles. The number of carbonyl (C=O) groups excluding carboxylic acids is 1. The summed E-state index contributed by atoms with van der Waals surface area (Å²) in [6.07, 6.45) is -4.74. The van der Waals surface area contributed by atoms with Crippen LogP contribution in [0.5, 0.6) is 0 Å². The Morgan fingerprint density at radius 2 is 2.00 bits per heavy atom. The Bertz CT molecular complexity index is 718. The maximum atomic E-state index is 12.1. The van der Waals surface area contributed by atoms with Gasteiger partial charge in [0.25, 0.3) is 5.91 Å². The summed E-state index contributed by atoms with van der Waals surface area (Å²) in [7, 11) is -5.21. The Morgan fingerprint density at radius 1 is 1.33 bits per heavy atom. The van der Waals surface area contributed by atoms with E-state index in [2.05, 4.69) is 15.0 Å². The van der Waals surface area contributed by atoms with Crippen LogP contribution in [-0.2, 0) is 14.1 Å². The number of nitrogens with zero attached hydrogens (tertiary/aromatic N) is 4. The minimum absolute atomic E-state index is 0.554. The van der Waals surface area contributed by atoms with Crippen molar-refractivity contribution in [2.75, 3.05) is 6.61 Å². The SMILES string of the molecule is NC1=NC(=O)C2(P(=O)(O)O)N=CN([C@@H]3O[C@H](CO)[C@@H](O)[C@H]3O)C2=N1. The molecular weight excluding hydrogens is 349 g/mol. The first-order chi connectivity index (χ1) is 11.1. The van der Waals surface area contributed by atoms with Crippen molar-refractivity contribution < 1.29 is 39.2 Å². The van der Waals surface area contributed by atoms with Crippen molar-refractivity contribution in [3.8, 4) is 0 Å². The maximum Gasteiger partial charge on any atom is 0.370 e. The van der Waals surface area contributed by atoms with E-state index in [0.29, 0.717) is 0 Å². The molecule has 0 aliphatic carbocycles. The highest BCUT2D eigenvalue weighted by Gasteiger charge is 2.65. The summed E-state index contributed by atoms with van der Waals surface area (Å²) in [5.41, 5.74) is 5.37. The van der Waals surface area contributed by atoms with Gasteiger partial charge in [-0.05, 0) is 0 Å². The predicted molar refractivity (Wildman–Crippen MR) is 76.9 cm³/mol. The van der Waals surface area contributed by atoms with Crippen LogP contribution in [-0.4, -0.2) is 90.5 Å². The van der Waals surface area contributed by atoms with Gasteiger partial charge in [0.1, 0.15) is 18.3 Å². The van der Waals surface area contributed by atoms with Crippen molar-refractivity contribution in [2.24, 2.45) is 20.7 Å². The summed E-state index contributed by atoms with van der Waals surface area (Å²) < 4.78 is 17.1. The standard InChI is InChI=1S/C10H14N5O8P/c11-9-13-7-10(8(19)14-9,24(20,21)22)12-2-15(7)6-5(18)4(17)3(1-16)23-6/h2-6,16-18H,1H2,(H2,11,14,19)(H2,20,21,22)/t3-,4-,5-,6-,10?/m1/s1. The number of aliphatic hydroxyl groups is 3. The molecule has 3 rings (SSSR count). The van der Waals surface area contributed by atoms with Crippen LogP contribution in [0.2, 0.25) is 0 Å². The predicted octanol–water partition coefficient (Wildman–Crippen LogP) is -4.10. The first-order valence-electron chi connectivity index (χ1n) is 6.63. The first kappa shape index (κ1) is 17.1. The number of hydrogen-bond acceptors (Lipinski definition) is 10. The number of fused-ring (bicyclic) bond motifs is 1. The highest BCUT2D eigenvalue weighted by atomic mass is 31.2. The molecule has 7 N–H and O–H groups in total. The normalized spacial score (nSPS) is 39.0. The molecule has 24 heavy (non-hydrogen) atoms. The Morgan fingerprint density at radius 3 is 2.54 bits per heavy atom. The quantitative estimate of drug-likeness (QED) is 0.267. The number of aliphatic hydroxyl groups excluding tert-OH is 3. The monoisotopic (exact) mass is 363 g/mol. The van der Waals surface area contributed by atoms with Crippen molar-refractivity contribution in [3.05, 3.63) is 0 Å². The minimum atomic E-state index is -5.21. The van der Waals surface area contributed by atoms with Gasteiger partial charge >= 0.3 is 12.9 Å². The zero-order chi connectivity index (χ0) is 17.9. The molecule has 3 aliphatic rings. The van der Waals surface area contributed by atoms with Crippen LogP contribution in [0.15, 0.2) is 15.0 Å². The molecular formula is C10H14N5O8P. The second-order valence-electron chi connectivity index (χ2n) is 5.31. The highest BCUT2D eigenvalue weighted by molar-refractivity contribution is 7.56. The lowest BCUT2D eigenvalue weighted by Crippen LogP contribution is -2.54. The van der Waals surface area contributed by atoms with Crippen LogP contribution >= 0.6 is 7.60 Å². The summed E-state index contributed by atoms with van der Waals surface area (Å²) in [5, 5.41) is 26.2. The van der Waals surface area contributed by atoms with Crippen molar-refractivity contribution in [3.63, 3.8) is 0 Å². The average Bonchev–Trinajstić information content (AvgIpc) is 2.99. The summed E-state index contributed by atoms with van der Waals surface area (Å²) in [6, 6.07) is 0. The fourth-order valence-corrected chi connectivity index (χ4v) is 3.59. The second-order valence-corrected chi connectivity index (χ2v) is 7.04. The lowest BCUT2D eigenvalue weighted by molar-refractivity contribution is -0.119. The third-order valence-corrected chi connectivity index (χ3v) is 5.22. The van der Waals surface area contributed by atoms with Crippen LogP contribution < -0.4 is 5.73 Å². The van der Waals surface area contributed by atoms with E-state index < -0.39 is 61.7 Å². The number of carbonyl (C=O) groups is 1. The van der Waals surface area contributed by atoms with Gasteiger partial charge in [-0.1, -0.05) is 0 Å². The van der Waals surface area contributed by atoms with Crippen LogP contribution in [0.4, 0.5) is 0 Å². The lowest BCUT2D eigenvalue weighted by atomic mass is 10.1. The molecule has 14 heteroatoms. The second kappa shape index (κ2) is 5.39. The molecule has 0 aromatic rings. The number of nitrogens with two attached hydrogens (primary N) is 1. The Hall–Kier alpha value is -1.73. The molecule has 3 heterocycles.